The zero-order valence-electron chi connectivity index (χ0n) is 11.1. The van der Waals surface area contributed by atoms with E-state index in [1.807, 2.05) is 24.3 Å². The summed E-state index contributed by atoms with van der Waals surface area (Å²) in [5.41, 5.74) is 1.70. The lowest BCUT2D eigenvalue weighted by atomic mass is 9.98. The molecule has 1 aromatic carbocycles. The van der Waals surface area contributed by atoms with E-state index in [0.29, 0.717) is 5.56 Å². The summed E-state index contributed by atoms with van der Waals surface area (Å²) >= 11 is 0. The van der Waals surface area contributed by atoms with Crippen molar-refractivity contribution in [1.82, 2.24) is 0 Å². The third kappa shape index (κ3) is 3.34. The van der Waals surface area contributed by atoms with E-state index in [2.05, 4.69) is 4.90 Å². The fourth-order valence-corrected chi connectivity index (χ4v) is 2.64. The lowest BCUT2D eigenvalue weighted by molar-refractivity contribution is -0.137. The Hall–Kier alpha value is -1.84. The van der Waals surface area contributed by atoms with Crippen molar-refractivity contribution in [3.05, 3.63) is 29.8 Å². The molecule has 0 radical (unpaired) electrons. The van der Waals surface area contributed by atoms with E-state index >= 15 is 0 Å². The molecule has 1 aliphatic rings. The number of carboxylic acid groups (broad SMARTS) is 1. The Labute approximate surface area is 113 Å². The summed E-state index contributed by atoms with van der Waals surface area (Å²) in [5, 5.41) is 8.98. The molecule has 1 fully saturated rings. The molecule has 1 atom stereocenters. The van der Waals surface area contributed by atoms with Gasteiger partial charge in [-0.05, 0) is 50.5 Å². The zero-order chi connectivity index (χ0) is 13.8. The Morgan fingerprint density at radius 1 is 1.26 bits per heavy atom. The number of nitrogens with zero attached hydrogens (tertiary/aromatic N) is 1. The molecule has 0 aromatic heterocycles. The maximum atomic E-state index is 11.3. The summed E-state index contributed by atoms with van der Waals surface area (Å²) in [7, 11) is 0. The molecule has 1 heterocycles. The first-order valence-electron chi connectivity index (χ1n) is 6.67. The summed E-state index contributed by atoms with van der Waals surface area (Å²) in [5.74, 6) is -0.704. The van der Waals surface area contributed by atoms with Gasteiger partial charge >= 0.3 is 5.97 Å². The van der Waals surface area contributed by atoms with Crippen LogP contribution in [0.4, 0.5) is 5.69 Å². The molecule has 102 valence electrons. The number of carboxylic acids is 1. The van der Waals surface area contributed by atoms with Crippen molar-refractivity contribution in [3.8, 4) is 0 Å². The first kappa shape index (κ1) is 13.6. The molecule has 1 aromatic rings. The van der Waals surface area contributed by atoms with Crippen LogP contribution < -0.4 is 4.90 Å². The lowest BCUT2D eigenvalue weighted by Gasteiger charge is -2.37. The van der Waals surface area contributed by atoms with Gasteiger partial charge in [-0.3, -0.25) is 9.59 Å². The van der Waals surface area contributed by atoms with E-state index in [9.17, 15) is 9.59 Å². The van der Waals surface area contributed by atoms with Crippen LogP contribution in [0.15, 0.2) is 24.3 Å². The normalized spacial score (nSPS) is 19.2. The number of carbonyl (C=O) groups is 2. The molecule has 1 unspecified atom stereocenters. The number of hydrogen-bond donors (Lipinski definition) is 1. The maximum absolute atomic E-state index is 11.3. The number of ketones is 1. The van der Waals surface area contributed by atoms with E-state index in [4.69, 9.17) is 5.11 Å². The van der Waals surface area contributed by atoms with E-state index in [-0.39, 0.29) is 18.2 Å². The van der Waals surface area contributed by atoms with Gasteiger partial charge in [-0.15, -0.1) is 0 Å². The van der Waals surface area contributed by atoms with E-state index in [1.54, 1.807) is 6.92 Å². The number of Topliss-reactive ketones (excluding diaryl/α,β-unsaturated/α-hetero) is 1. The predicted octanol–water partition coefficient (Wildman–Crippen LogP) is 2.72. The quantitative estimate of drug-likeness (QED) is 0.847. The molecule has 0 saturated carbocycles. The van der Waals surface area contributed by atoms with Crippen molar-refractivity contribution in [2.75, 3.05) is 11.4 Å². The third-order valence-electron chi connectivity index (χ3n) is 3.64. The molecular weight excluding hydrogens is 242 g/mol. The number of benzene rings is 1. The molecular formula is C15H19NO3. The Balaban J connectivity index is 2.17. The van der Waals surface area contributed by atoms with Gasteiger partial charge in [0.15, 0.2) is 5.78 Å². The lowest BCUT2D eigenvalue weighted by Crippen LogP contribution is -2.40. The van der Waals surface area contributed by atoms with Gasteiger partial charge in [-0.25, -0.2) is 0 Å². The second-order valence-corrected chi connectivity index (χ2v) is 5.04. The fraction of sp³-hybridized carbons (Fsp3) is 0.467. The molecule has 0 amide bonds. The van der Waals surface area contributed by atoms with E-state index in [0.717, 1.165) is 31.5 Å². The number of carbonyl (C=O) groups excluding carboxylic acids is 1. The highest BCUT2D eigenvalue weighted by molar-refractivity contribution is 5.94. The average Bonchev–Trinajstić information content (AvgIpc) is 2.39. The van der Waals surface area contributed by atoms with Gasteiger partial charge in [0.05, 0.1) is 6.42 Å². The number of rotatable bonds is 4. The van der Waals surface area contributed by atoms with Crippen LogP contribution in [0.5, 0.6) is 0 Å². The number of hydrogen-bond acceptors (Lipinski definition) is 3. The summed E-state index contributed by atoms with van der Waals surface area (Å²) in [6.07, 6.45) is 3.26. The Morgan fingerprint density at radius 2 is 1.95 bits per heavy atom. The molecule has 1 saturated heterocycles. The van der Waals surface area contributed by atoms with Gasteiger partial charge in [0.2, 0.25) is 0 Å². The number of anilines is 1. The minimum atomic E-state index is -0.753. The van der Waals surface area contributed by atoms with Crippen LogP contribution in [0.25, 0.3) is 0 Å². The van der Waals surface area contributed by atoms with Gasteiger partial charge in [-0.1, -0.05) is 0 Å². The van der Waals surface area contributed by atoms with Crippen molar-refractivity contribution in [3.63, 3.8) is 0 Å². The largest absolute Gasteiger partial charge is 0.481 e. The zero-order valence-corrected chi connectivity index (χ0v) is 11.1. The van der Waals surface area contributed by atoms with Crippen molar-refractivity contribution < 1.29 is 14.7 Å². The van der Waals surface area contributed by atoms with Crippen LogP contribution in [0.2, 0.25) is 0 Å². The molecule has 1 aliphatic heterocycles. The van der Waals surface area contributed by atoms with Crippen molar-refractivity contribution in [1.29, 1.82) is 0 Å². The average molecular weight is 261 g/mol. The molecule has 4 nitrogen and oxygen atoms in total. The van der Waals surface area contributed by atoms with Crippen molar-refractivity contribution in [2.24, 2.45) is 0 Å². The Kier molecular flexibility index (Phi) is 4.20. The van der Waals surface area contributed by atoms with Crippen molar-refractivity contribution in [2.45, 2.75) is 38.6 Å². The van der Waals surface area contributed by atoms with Crippen molar-refractivity contribution >= 4 is 17.4 Å². The molecule has 0 spiro atoms. The van der Waals surface area contributed by atoms with Crippen LogP contribution in [-0.4, -0.2) is 29.4 Å². The maximum Gasteiger partial charge on any atom is 0.305 e. The molecule has 0 bridgehead atoms. The number of aliphatic carboxylic acids is 1. The second-order valence-electron chi connectivity index (χ2n) is 5.04. The predicted molar refractivity (Wildman–Crippen MR) is 73.7 cm³/mol. The smallest absolute Gasteiger partial charge is 0.305 e. The molecule has 4 heteroatoms. The first-order valence-corrected chi connectivity index (χ1v) is 6.67. The van der Waals surface area contributed by atoms with Gasteiger partial charge in [0, 0.05) is 23.8 Å². The monoisotopic (exact) mass is 261 g/mol. The van der Waals surface area contributed by atoms with E-state index in [1.165, 1.54) is 0 Å². The molecule has 0 aliphatic carbocycles. The minimum absolute atomic E-state index is 0.0484. The highest BCUT2D eigenvalue weighted by Crippen LogP contribution is 2.26. The SMILES string of the molecule is CC(=O)c1ccc(N2CCCCC2CC(=O)O)cc1. The highest BCUT2D eigenvalue weighted by Gasteiger charge is 2.24. The van der Waals surface area contributed by atoms with Crippen LogP contribution in [0.1, 0.15) is 43.0 Å². The summed E-state index contributed by atoms with van der Waals surface area (Å²) in [4.78, 5) is 24.3. The standard InChI is InChI=1S/C15H19NO3/c1-11(17)12-5-7-13(8-6-12)16-9-3-2-4-14(16)10-15(18)19/h5-8,14H,2-4,9-10H2,1H3,(H,18,19). The Morgan fingerprint density at radius 3 is 2.53 bits per heavy atom. The van der Waals surface area contributed by atoms with Gasteiger partial charge in [0.1, 0.15) is 0 Å². The van der Waals surface area contributed by atoms with Crippen LogP contribution in [-0.2, 0) is 4.79 Å². The summed E-state index contributed by atoms with van der Waals surface area (Å²) in [6.45, 7) is 2.43. The summed E-state index contributed by atoms with van der Waals surface area (Å²) < 4.78 is 0. The molecule has 19 heavy (non-hydrogen) atoms. The second kappa shape index (κ2) is 5.87. The Bertz CT molecular complexity index is 467. The van der Waals surface area contributed by atoms with Gasteiger partial charge < -0.3 is 10.0 Å². The molecule has 2 rings (SSSR count). The van der Waals surface area contributed by atoms with E-state index < -0.39 is 5.97 Å². The van der Waals surface area contributed by atoms with Crippen LogP contribution in [0, 0.1) is 0 Å². The van der Waals surface area contributed by atoms with Gasteiger partial charge in [-0.2, -0.15) is 0 Å². The fourth-order valence-electron chi connectivity index (χ4n) is 2.64. The molecule has 1 N–H and O–H groups in total. The number of piperidine rings is 1. The highest BCUT2D eigenvalue weighted by atomic mass is 16.4. The first-order chi connectivity index (χ1) is 9.08. The van der Waals surface area contributed by atoms with Crippen LogP contribution >= 0.6 is 0 Å². The van der Waals surface area contributed by atoms with Crippen LogP contribution in [0.3, 0.4) is 0 Å². The summed E-state index contributed by atoms with van der Waals surface area (Å²) in [6, 6.07) is 7.51. The topological polar surface area (TPSA) is 57.6 Å². The third-order valence-corrected chi connectivity index (χ3v) is 3.64. The minimum Gasteiger partial charge on any atom is -0.481 e. The van der Waals surface area contributed by atoms with Gasteiger partial charge in [0.25, 0.3) is 0 Å².